The number of para-hydroxylation sites is 2. The molecule has 0 bridgehead atoms. The van der Waals surface area contributed by atoms with Crippen molar-refractivity contribution < 1.29 is 14.6 Å². The monoisotopic (exact) mass is 315 g/mol. The number of rotatable bonds is 7. The van der Waals surface area contributed by atoms with E-state index in [0.29, 0.717) is 11.4 Å². The van der Waals surface area contributed by atoms with Crippen LogP contribution in [0.15, 0.2) is 55.1 Å². The van der Waals surface area contributed by atoms with E-state index < -0.39 is 15.5 Å². The van der Waals surface area contributed by atoms with Gasteiger partial charge in [-0.15, -0.1) is 0 Å². The Bertz CT molecular complexity index is 761. The number of benzene rings is 2. The normalized spacial score (nSPS) is 9.91. The van der Waals surface area contributed by atoms with Crippen molar-refractivity contribution in [1.82, 2.24) is 0 Å². The van der Waals surface area contributed by atoms with Gasteiger partial charge in [0, 0.05) is 6.07 Å². The first-order chi connectivity index (χ1) is 11.0. The largest absolute Gasteiger partial charge is 0.487 e. The first-order valence-corrected chi connectivity index (χ1v) is 6.55. The van der Waals surface area contributed by atoms with Crippen LogP contribution in [0.2, 0.25) is 0 Å². The SMILES string of the molecule is C=CCOc1ccccc1Nc1ccc([N+](=O)[O-])cc1[N+](=O)[O-]. The fourth-order valence-corrected chi connectivity index (χ4v) is 1.88. The second-order valence-electron chi connectivity index (χ2n) is 4.44. The minimum atomic E-state index is -0.683. The highest BCUT2D eigenvalue weighted by atomic mass is 16.6. The van der Waals surface area contributed by atoms with Crippen LogP contribution >= 0.6 is 0 Å². The van der Waals surface area contributed by atoms with E-state index >= 15 is 0 Å². The van der Waals surface area contributed by atoms with Gasteiger partial charge in [0.25, 0.3) is 11.4 Å². The van der Waals surface area contributed by atoms with Gasteiger partial charge in [0.15, 0.2) is 0 Å². The first-order valence-electron chi connectivity index (χ1n) is 6.55. The first kappa shape index (κ1) is 16.0. The molecule has 2 rings (SSSR count). The van der Waals surface area contributed by atoms with Gasteiger partial charge in [-0.05, 0) is 18.2 Å². The summed E-state index contributed by atoms with van der Waals surface area (Å²) in [6, 6.07) is 10.3. The Morgan fingerprint density at radius 1 is 1.09 bits per heavy atom. The van der Waals surface area contributed by atoms with Crippen LogP contribution in [0.25, 0.3) is 0 Å². The van der Waals surface area contributed by atoms with Gasteiger partial charge in [-0.3, -0.25) is 20.2 Å². The number of anilines is 2. The highest BCUT2D eigenvalue weighted by molar-refractivity contribution is 5.74. The van der Waals surface area contributed by atoms with E-state index in [-0.39, 0.29) is 18.0 Å². The van der Waals surface area contributed by atoms with E-state index in [0.717, 1.165) is 6.07 Å². The highest BCUT2D eigenvalue weighted by Gasteiger charge is 2.20. The van der Waals surface area contributed by atoms with Crippen LogP contribution in [-0.4, -0.2) is 16.5 Å². The predicted octanol–water partition coefficient (Wildman–Crippen LogP) is 3.81. The zero-order chi connectivity index (χ0) is 16.8. The Hall–Kier alpha value is -3.42. The number of ether oxygens (including phenoxy) is 1. The van der Waals surface area contributed by atoms with Crippen molar-refractivity contribution in [3.8, 4) is 5.75 Å². The van der Waals surface area contributed by atoms with Gasteiger partial charge in [-0.1, -0.05) is 24.8 Å². The topological polar surface area (TPSA) is 108 Å². The van der Waals surface area contributed by atoms with Gasteiger partial charge in [0.05, 0.1) is 21.6 Å². The van der Waals surface area contributed by atoms with Crippen molar-refractivity contribution in [2.75, 3.05) is 11.9 Å². The predicted molar refractivity (Wildman–Crippen MR) is 85.2 cm³/mol. The van der Waals surface area contributed by atoms with Gasteiger partial charge in [-0.2, -0.15) is 0 Å². The number of non-ortho nitro benzene ring substituents is 1. The molecule has 1 N–H and O–H groups in total. The molecular formula is C15H13N3O5. The molecule has 8 nitrogen and oxygen atoms in total. The quantitative estimate of drug-likeness (QED) is 0.473. The van der Waals surface area contributed by atoms with Crippen LogP contribution in [0.4, 0.5) is 22.7 Å². The lowest BCUT2D eigenvalue weighted by atomic mass is 10.2. The van der Waals surface area contributed by atoms with E-state index in [1.54, 1.807) is 30.3 Å². The molecule has 0 saturated carbocycles. The molecule has 2 aromatic rings. The van der Waals surface area contributed by atoms with Crippen LogP contribution < -0.4 is 10.1 Å². The molecule has 0 aromatic heterocycles. The Morgan fingerprint density at radius 2 is 1.83 bits per heavy atom. The third-order valence-electron chi connectivity index (χ3n) is 2.90. The minimum Gasteiger partial charge on any atom is -0.487 e. The average Bonchev–Trinajstić information content (AvgIpc) is 2.54. The number of hydrogen-bond acceptors (Lipinski definition) is 6. The van der Waals surface area contributed by atoms with Gasteiger partial charge in [0.2, 0.25) is 0 Å². The molecule has 0 heterocycles. The molecule has 0 atom stereocenters. The van der Waals surface area contributed by atoms with E-state index in [2.05, 4.69) is 11.9 Å². The molecule has 0 saturated heterocycles. The molecule has 0 aliphatic heterocycles. The van der Waals surface area contributed by atoms with E-state index in [1.165, 1.54) is 12.1 Å². The van der Waals surface area contributed by atoms with Crippen molar-refractivity contribution in [2.24, 2.45) is 0 Å². The Kier molecular flexibility index (Phi) is 4.88. The number of nitrogens with one attached hydrogen (secondary N) is 1. The van der Waals surface area contributed by atoms with E-state index in [4.69, 9.17) is 4.74 Å². The van der Waals surface area contributed by atoms with Crippen molar-refractivity contribution >= 4 is 22.7 Å². The lowest BCUT2D eigenvalue weighted by Gasteiger charge is -2.12. The maximum Gasteiger partial charge on any atom is 0.299 e. The van der Waals surface area contributed by atoms with Gasteiger partial charge in [0.1, 0.15) is 18.0 Å². The van der Waals surface area contributed by atoms with Gasteiger partial charge < -0.3 is 10.1 Å². The smallest absolute Gasteiger partial charge is 0.299 e. The molecule has 0 amide bonds. The number of nitrogens with zero attached hydrogens (tertiary/aromatic N) is 2. The molecule has 118 valence electrons. The molecule has 23 heavy (non-hydrogen) atoms. The molecule has 8 heteroatoms. The Morgan fingerprint density at radius 3 is 2.48 bits per heavy atom. The van der Waals surface area contributed by atoms with Crippen LogP contribution in [0.5, 0.6) is 5.75 Å². The number of nitro groups is 2. The maximum absolute atomic E-state index is 11.1. The molecule has 0 unspecified atom stereocenters. The van der Waals surface area contributed by atoms with Crippen LogP contribution in [0.1, 0.15) is 0 Å². The summed E-state index contributed by atoms with van der Waals surface area (Å²) in [5.41, 5.74) is -0.0993. The third kappa shape index (κ3) is 3.82. The molecular weight excluding hydrogens is 302 g/mol. The molecule has 2 aromatic carbocycles. The van der Waals surface area contributed by atoms with Crippen LogP contribution in [0, 0.1) is 20.2 Å². The maximum atomic E-state index is 11.1. The zero-order valence-corrected chi connectivity index (χ0v) is 12.0. The Balaban J connectivity index is 2.38. The summed E-state index contributed by atoms with van der Waals surface area (Å²) in [5.74, 6) is 0.486. The highest BCUT2D eigenvalue weighted by Crippen LogP contribution is 2.34. The van der Waals surface area contributed by atoms with Crippen molar-refractivity contribution in [1.29, 1.82) is 0 Å². The standard InChI is InChI=1S/C15H13N3O5/c1-2-9-23-15-6-4-3-5-13(15)16-12-8-7-11(17(19)20)10-14(12)18(21)22/h2-8,10,16H,1,9H2. The molecule has 0 radical (unpaired) electrons. The average molecular weight is 315 g/mol. The fraction of sp³-hybridized carbons (Fsp3) is 0.0667. The summed E-state index contributed by atoms with van der Waals surface area (Å²) < 4.78 is 5.46. The van der Waals surface area contributed by atoms with Gasteiger partial charge >= 0.3 is 0 Å². The second kappa shape index (κ2) is 7.03. The zero-order valence-electron chi connectivity index (χ0n) is 12.0. The molecule has 0 spiro atoms. The molecule has 0 fully saturated rings. The summed E-state index contributed by atoms with van der Waals surface area (Å²) in [4.78, 5) is 20.5. The van der Waals surface area contributed by atoms with Gasteiger partial charge in [-0.25, -0.2) is 0 Å². The van der Waals surface area contributed by atoms with Crippen molar-refractivity contribution in [3.05, 3.63) is 75.3 Å². The number of nitro benzene ring substituents is 2. The Labute approximate surface area is 131 Å². The summed E-state index contributed by atoms with van der Waals surface area (Å²) in [6.07, 6.45) is 1.57. The summed E-state index contributed by atoms with van der Waals surface area (Å²) in [6.45, 7) is 3.83. The molecule has 0 aliphatic rings. The van der Waals surface area contributed by atoms with Crippen LogP contribution in [0.3, 0.4) is 0 Å². The lowest BCUT2D eigenvalue weighted by Crippen LogP contribution is -2.01. The van der Waals surface area contributed by atoms with E-state index in [9.17, 15) is 20.2 Å². The summed E-state index contributed by atoms with van der Waals surface area (Å²) in [7, 11) is 0. The van der Waals surface area contributed by atoms with E-state index in [1.807, 2.05) is 0 Å². The fourth-order valence-electron chi connectivity index (χ4n) is 1.88. The second-order valence-corrected chi connectivity index (χ2v) is 4.44. The minimum absolute atomic E-state index is 0.134. The van der Waals surface area contributed by atoms with Crippen molar-refractivity contribution in [3.63, 3.8) is 0 Å². The third-order valence-corrected chi connectivity index (χ3v) is 2.90. The molecule has 0 aliphatic carbocycles. The lowest BCUT2D eigenvalue weighted by molar-refractivity contribution is -0.393. The van der Waals surface area contributed by atoms with Crippen molar-refractivity contribution in [2.45, 2.75) is 0 Å². The summed E-state index contributed by atoms with van der Waals surface area (Å²) >= 11 is 0. The number of hydrogen-bond donors (Lipinski definition) is 1. The summed E-state index contributed by atoms with van der Waals surface area (Å²) in [5, 5.41) is 24.8. The van der Waals surface area contributed by atoms with Crippen LogP contribution in [-0.2, 0) is 0 Å².